The van der Waals surface area contributed by atoms with Crippen molar-refractivity contribution in [2.45, 2.75) is 39.5 Å². The summed E-state index contributed by atoms with van der Waals surface area (Å²) in [6, 6.07) is 0. The quantitative estimate of drug-likeness (QED) is 0.445. The van der Waals surface area contributed by atoms with Gasteiger partial charge in [0.05, 0.1) is 0 Å². The molecule has 0 atom stereocenters. The molecule has 0 aromatic heterocycles. The monoisotopic (exact) mass is 479 g/mol. The van der Waals surface area contributed by atoms with Crippen molar-refractivity contribution in [3.63, 3.8) is 0 Å². The van der Waals surface area contributed by atoms with Crippen LogP contribution in [0.2, 0.25) is 0 Å². The van der Waals surface area contributed by atoms with Crippen LogP contribution in [0.15, 0.2) is 0 Å². The summed E-state index contributed by atoms with van der Waals surface area (Å²) < 4.78 is 0. The first-order chi connectivity index (χ1) is 6.83. The first kappa shape index (κ1) is 22.0. The number of halogens is 4. The van der Waals surface area contributed by atoms with E-state index in [1.54, 1.807) is 0 Å². The summed E-state index contributed by atoms with van der Waals surface area (Å²) in [5.41, 5.74) is 13.2. The van der Waals surface area contributed by atoms with Crippen LogP contribution in [0.3, 0.4) is 0 Å². The molecule has 0 aliphatic rings. The number of hydrogen-bond donors (Lipinski definition) is 0. The van der Waals surface area contributed by atoms with E-state index in [0.29, 0.717) is 13.1 Å². The normalized spacial score (nSPS) is 10.7. The minimum atomic E-state index is -3.06. The second-order valence-electron chi connectivity index (χ2n) is 2.48. The molecule has 7 heteroatoms. The van der Waals surface area contributed by atoms with Crippen LogP contribution in [-0.4, -0.2) is 13.1 Å². The Labute approximate surface area is 113 Å². The Bertz CT molecular complexity index is 85.1. The van der Waals surface area contributed by atoms with Gasteiger partial charge in [0.2, 0.25) is 0 Å². The molecule has 2 N–H and O–H groups in total. The van der Waals surface area contributed by atoms with Crippen LogP contribution in [0.4, 0.5) is 0 Å². The molecule has 15 heavy (non-hydrogen) atoms. The van der Waals surface area contributed by atoms with Crippen LogP contribution in [0.25, 0.3) is 11.5 Å². The van der Waals surface area contributed by atoms with E-state index in [1.165, 1.54) is 0 Å². The van der Waals surface area contributed by atoms with Gasteiger partial charge in [-0.25, -0.2) is 0 Å². The molecule has 2 nitrogen and oxygen atoms in total. The van der Waals surface area contributed by atoms with Crippen molar-refractivity contribution in [1.29, 1.82) is 0 Å². The maximum absolute atomic E-state index is 6.60. The molecule has 0 aromatic rings. The molecule has 0 amide bonds. The zero-order valence-corrected chi connectivity index (χ0v) is 14.4. The Morgan fingerprint density at radius 3 is 1.00 bits per heavy atom. The average molecular weight is 481 g/mol. The van der Waals surface area contributed by atoms with Crippen LogP contribution in [0.5, 0.6) is 0 Å². The van der Waals surface area contributed by atoms with Gasteiger partial charge in [0.15, 0.2) is 0 Å². The van der Waals surface area contributed by atoms with Crippen LogP contribution in [0.1, 0.15) is 39.5 Å². The topological polar surface area (TPSA) is 47.6 Å². The molecule has 0 rings (SSSR count). The first-order valence-corrected chi connectivity index (χ1v) is 15.9. The maximum atomic E-state index is 6.60. The molecule has 102 valence electrons. The number of nitrogens with one attached hydrogen (secondary N) is 2. The zero-order chi connectivity index (χ0) is 12.7. The molecule has 0 fully saturated rings. The molecule has 0 radical (unpaired) electrons. The Balaban J connectivity index is -0.000000144. The van der Waals surface area contributed by atoms with Crippen molar-refractivity contribution in [3.05, 3.63) is 11.5 Å². The third-order valence-electron chi connectivity index (χ3n) is 1.06. The number of hydrogen-bond acceptors (Lipinski definition) is 0. The van der Waals surface area contributed by atoms with Crippen LogP contribution >= 0.6 is 37.7 Å². The zero-order valence-electron chi connectivity index (χ0n) is 9.07. The van der Waals surface area contributed by atoms with Gasteiger partial charge in [-0.1, -0.05) is 39.5 Å². The molecule has 0 aromatic carbocycles. The molecule has 0 saturated carbocycles. The summed E-state index contributed by atoms with van der Waals surface area (Å²) >= 11 is -3.06. The van der Waals surface area contributed by atoms with Gasteiger partial charge in [-0.2, -0.15) is 13.1 Å². The molecule has 0 heterocycles. The van der Waals surface area contributed by atoms with Gasteiger partial charge in [-0.3, -0.25) is 0 Å². The summed E-state index contributed by atoms with van der Waals surface area (Å²) in [6.07, 6.45) is 4.42. The van der Waals surface area contributed by atoms with E-state index in [9.17, 15) is 0 Å². The summed E-state index contributed by atoms with van der Waals surface area (Å²) in [5.74, 6) is 0. The second-order valence-corrected chi connectivity index (χ2v) is 22.2. The first-order valence-electron chi connectivity index (χ1n) is 4.60. The Hall–Kier alpha value is 1.77. The second kappa shape index (κ2) is 18.1. The van der Waals surface area contributed by atoms with Gasteiger partial charge in [0.1, 0.15) is 0 Å². The van der Waals surface area contributed by atoms with E-state index >= 15 is 0 Å². The Morgan fingerprint density at radius 2 is 1.00 bits per heavy atom. The molecule has 0 aliphatic heterocycles. The number of unbranched alkanes of at least 4 members (excludes halogenated alkanes) is 2. The Kier molecular flexibility index (Phi) is 26.6. The van der Waals surface area contributed by atoms with Crippen molar-refractivity contribution >= 4 is 37.7 Å². The van der Waals surface area contributed by atoms with E-state index in [4.69, 9.17) is 49.1 Å². The molecular formula is C8H20Cl4N2Pt-2. The standard InChI is InChI=1S/2C4H10N.4ClH.Pt/c2*1-2-3-4-5;;;;;/h2*5H,2-4H2,1H3;4*1H;/q2*-1;;;;;+4/p-4. The predicted octanol–water partition coefficient (Wildman–Crippen LogP) is 6.43. The van der Waals surface area contributed by atoms with Crippen LogP contribution < -0.4 is 0 Å². The van der Waals surface area contributed by atoms with Crippen molar-refractivity contribution in [1.82, 2.24) is 0 Å². The summed E-state index contributed by atoms with van der Waals surface area (Å²) in [6.45, 7) is 5.37. The van der Waals surface area contributed by atoms with Gasteiger partial charge in [-0.15, -0.1) is 0 Å². The van der Waals surface area contributed by atoms with E-state index < -0.39 is 11.9 Å². The van der Waals surface area contributed by atoms with Crippen LogP contribution in [0, 0.1) is 0 Å². The summed E-state index contributed by atoms with van der Waals surface area (Å²) in [4.78, 5) is 0. The minimum absolute atomic E-state index is 0.594. The van der Waals surface area contributed by atoms with E-state index in [0.717, 1.165) is 25.7 Å². The van der Waals surface area contributed by atoms with E-state index in [-0.39, 0.29) is 0 Å². The van der Waals surface area contributed by atoms with Gasteiger partial charge >= 0.3 is 49.6 Å². The third-order valence-corrected chi connectivity index (χ3v) is 1.06. The molecule has 0 unspecified atom stereocenters. The van der Waals surface area contributed by atoms with Crippen molar-refractivity contribution in [2.24, 2.45) is 0 Å². The van der Waals surface area contributed by atoms with Gasteiger partial charge in [0.25, 0.3) is 0 Å². The predicted molar refractivity (Wildman–Crippen MR) is 71.6 cm³/mol. The van der Waals surface area contributed by atoms with Crippen molar-refractivity contribution in [2.75, 3.05) is 13.1 Å². The molecule has 0 saturated heterocycles. The summed E-state index contributed by atoms with van der Waals surface area (Å²) in [5, 5.41) is 0. The average Bonchev–Trinajstić information content (AvgIpc) is 2.05. The van der Waals surface area contributed by atoms with E-state index in [2.05, 4.69) is 13.8 Å². The van der Waals surface area contributed by atoms with E-state index in [1.807, 2.05) is 0 Å². The van der Waals surface area contributed by atoms with Crippen LogP contribution in [-0.2, 0) is 11.9 Å². The van der Waals surface area contributed by atoms with Gasteiger partial charge < -0.3 is 11.5 Å². The van der Waals surface area contributed by atoms with Gasteiger partial charge in [0, 0.05) is 0 Å². The fourth-order valence-corrected chi connectivity index (χ4v) is 0.354. The third kappa shape index (κ3) is 89.8. The molecule has 0 spiro atoms. The molecular weight excluding hydrogens is 461 g/mol. The Morgan fingerprint density at radius 1 is 0.800 bits per heavy atom. The SMILES string of the molecule is CCCC[NH-].CCCC[NH-].[Cl][Pt]([Cl])([Cl])[Cl]. The van der Waals surface area contributed by atoms with Gasteiger partial charge in [-0.05, 0) is 0 Å². The molecule has 0 aliphatic carbocycles. The van der Waals surface area contributed by atoms with Crippen molar-refractivity contribution in [3.8, 4) is 0 Å². The molecule has 0 bridgehead atoms. The fraction of sp³-hybridized carbons (Fsp3) is 1.00. The summed E-state index contributed by atoms with van der Waals surface area (Å²) in [7, 11) is 20.0. The fourth-order valence-electron chi connectivity index (χ4n) is 0.354. The number of rotatable bonds is 4. The van der Waals surface area contributed by atoms with Crippen molar-refractivity contribution < 1.29 is 11.9 Å².